The molecule has 0 unspecified atom stereocenters. The van der Waals surface area contributed by atoms with Crippen LogP contribution in [0.25, 0.3) is 11.0 Å². The lowest BCUT2D eigenvalue weighted by Crippen LogP contribution is -2.29. The zero-order valence-electron chi connectivity index (χ0n) is 10.1. The van der Waals surface area contributed by atoms with E-state index in [-0.39, 0.29) is 36.4 Å². The average molecular weight is 280 g/mol. The van der Waals surface area contributed by atoms with Crippen LogP contribution in [-0.4, -0.2) is 36.5 Å². The number of aromatic nitrogens is 4. The zero-order chi connectivity index (χ0) is 13.6. The van der Waals surface area contributed by atoms with E-state index in [1.807, 2.05) is 0 Å². The lowest BCUT2D eigenvalue weighted by Gasteiger charge is -2.12. The van der Waals surface area contributed by atoms with Crippen molar-refractivity contribution in [3.05, 3.63) is 17.2 Å². The van der Waals surface area contributed by atoms with Crippen molar-refractivity contribution in [2.24, 2.45) is 7.05 Å². The van der Waals surface area contributed by atoms with Crippen LogP contribution in [0.1, 0.15) is 18.7 Å². The summed E-state index contributed by atoms with van der Waals surface area (Å²) in [5.74, 6) is -0.0608. The summed E-state index contributed by atoms with van der Waals surface area (Å²) in [6.45, 7) is 0.0541. The fraction of sp³-hybridized carbons (Fsp3) is 0.364. The number of imide groups is 1. The van der Waals surface area contributed by atoms with Gasteiger partial charge in [-0.1, -0.05) is 11.6 Å². The fourth-order valence-corrected chi connectivity index (χ4v) is 2.27. The third-order valence-corrected chi connectivity index (χ3v) is 3.33. The van der Waals surface area contributed by atoms with Crippen LogP contribution >= 0.6 is 11.6 Å². The third-order valence-electron chi connectivity index (χ3n) is 3.05. The number of likely N-dealkylation sites (tertiary alicyclic amines) is 1. The number of amides is 2. The van der Waals surface area contributed by atoms with Crippen molar-refractivity contribution in [1.82, 2.24) is 24.6 Å². The van der Waals surface area contributed by atoms with Crippen molar-refractivity contribution >= 4 is 34.4 Å². The van der Waals surface area contributed by atoms with Crippen LogP contribution in [0.2, 0.25) is 5.15 Å². The van der Waals surface area contributed by atoms with Gasteiger partial charge in [0.1, 0.15) is 5.15 Å². The van der Waals surface area contributed by atoms with Crippen molar-refractivity contribution in [2.75, 3.05) is 0 Å². The summed E-state index contributed by atoms with van der Waals surface area (Å²) in [6, 6.07) is 0. The predicted molar refractivity (Wildman–Crippen MR) is 66.1 cm³/mol. The highest BCUT2D eigenvalue weighted by Gasteiger charge is 2.29. The van der Waals surface area contributed by atoms with Gasteiger partial charge >= 0.3 is 0 Å². The van der Waals surface area contributed by atoms with E-state index in [2.05, 4.69) is 15.1 Å². The normalized spacial score (nSPS) is 15.8. The summed E-state index contributed by atoms with van der Waals surface area (Å²) in [6.07, 6.45) is 2.08. The van der Waals surface area contributed by atoms with E-state index in [1.54, 1.807) is 17.9 Å². The van der Waals surface area contributed by atoms with Gasteiger partial charge in [0.2, 0.25) is 11.8 Å². The first kappa shape index (κ1) is 12.0. The van der Waals surface area contributed by atoms with Crippen LogP contribution < -0.4 is 0 Å². The lowest BCUT2D eigenvalue weighted by molar-refractivity contribution is -0.139. The van der Waals surface area contributed by atoms with Crippen LogP contribution in [0.4, 0.5) is 0 Å². The molecule has 3 rings (SSSR count). The van der Waals surface area contributed by atoms with Crippen molar-refractivity contribution in [3.8, 4) is 0 Å². The monoisotopic (exact) mass is 279 g/mol. The number of carbonyl (C=O) groups is 2. The molecular weight excluding hydrogens is 270 g/mol. The molecule has 0 saturated carbocycles. The fourth-order valence-electron chi connectivity index (χ4n) is 2.04. The smallest absolute Gasteiger partial charge is 0.230 e. The second kappa shape index (κ2) is 4.27. The van der Waals surface area contributed by atoms with Gasteiger partial charge in [-0.2, -0.15) is 5.10 Å². The molecule has 0 bridgehead atoms. The average Bonchev–Trinajstić information content (AvgIpc) is 2.88. The maximum absolute atomic E-state index is 11.6. The standard InChI is InChI=1S/C11H10ClN5O2/c1-16-11-6(4-13-16)10(12)14-7(15-11)5-17-8(18)2-3-9(17)19/h4H,2-3,5H2,1H3. The number of carbonyl (C=O) groups excluding carboxylic acids is 2. The molecule has 1 aliphatic rings. The Bertz CT molecular complexity index is 680. The minimum atomic E-state index is -0.199. The molecule has 0 radical (unpaired) electrons. The summed E-state index contributed by atoms with van der Waals surface area (Å²) in [5.41, 5.74) is 0.578. The van der Waals surface area contributed by atoms with Crippen LogP contribution in [0, 0.1) is 0 Å². The number of hydrogen-bond acceptors (Lipinski definition) is 5. The highest BCUT2D eigenvalue weighted by atomic mass is 35.5. The number of aryl methyl sites for hydroxylation is 1. The Morgan fingerprint density at radius 3 is 2.63 bits per heavy atom. The Kier molecular flexibility index (Phi) is 2.70. The molecule has 1 fully saturated rings. The zero-order valence-corrected chi connectivity index (χ0v) is 10.9. The van der Waals surface area contributed by atoms with Gasteiger partial charge in [-0.15, -0.1) is 0 Å². The maximum atomic E-state index is 11.6. The molecule has 3 heterocycles. The second-order valence-corrected chi connectivity index (χ2v) is 4.67. The van der Waals surface area contributed by atoms with Crippen molar-refractivity contribution < 1.29 is 9.59 Å². The van der Waals surface area contributed by atoms with Gasteiger partial charge in [-0.3, -0.25) is 19.2 Å². The number of fused-ring (bicyclic) bond motifs is 1. The number of halogens is 1. The molecule has 98 valence electrons. The minimum absolute atomic E-state index is 0.0541. The summed E-state index contributed by atoms with van der Waals surface area (Å²) in [5, 5.41) is 4.96. The van der Waals surface area contributed by atoms with Crippen LogP contribution in [0.15, 0.2) is 6.20 Å². The predicted octanol–water partition coefficient (Wildman–Crippen LogP) is 0.666. The Morgan fingerprint density at radius 2 is 1.95 bits per heavy atom. The molecule has 0 N–H and O–H groups in total. The van der Waals surface area contributed by atoms with E-state index >= 15 is 0 Å². The van der Waals surface area contributed by atoms with E-state index in [0.29, 0.717) is 16.9 Å². The van der Waals surface area contributed by atoms with E-state index in [0.717, 1.165) is 4.90 Å². The number of hydrogen-bond donors (Lipinski definition) is 0. The van der Waals surface area contributed by atoms with Gasteiger partial charge in [0.15, 0.2) is 11.5 Å². The van der Waals surface area contributed by atoms with E-state index < -0.39 is 0 Å². The second-order valence-electron chi connectivity index (χ2n) is 4.31. The molecule has 0 atom stereocenters. The van der Waals surface area contributed by atoms with Crippen LogP contribution in [-0.2, 0) is 23.2 Å². The summed E-state index contributed by atoms with van der Waals surface area (Å²) >= 11 is 6.04. The first-order valence-electron chi connectivity index (χ1n) is 5.73. The molecular formula is C11H10ClN5O2. The Morgan fingerprint density at radius 1 is 1.26 bits per heavy atom. The molecule has 1 aliphatic heterocycles. The van der Waals surface area contributed by atoms with Gasteiger partial charge in [-0.05, 0) is 0 Å². The first-order valence-corrected chi connectivity index (χ1v) is 6.11. The molecule has 2 aromatic rings. The van der Waals surface area contributed by atoms with Crippen LogP contribution in [0.3, 0.4) is 0 Å². The lowest BCUT2D eigenvalue weighted by atomic mass is 10.4. The highest BCUT2D eigenvalue weighted by molar-refractivity contribution is 6.33. The highest BCUT2D eigenvalue weighted by Crippen LogP contribution is 2.21. The van der Waals surface area contributed by atoms with Crippen LogP contribution in [0.5, 0.6) is 0 Å². The largest absolute Gasteiger partial charge is 0.275 e. The van der Waals surface area contributed by atoms with E-state index in [9.17, 15) is 9.59 Å². The van der Waals surface area contributed by atoms with Crippen molar-refractivity contribution in [2.45, 2.75) is 19.4 Å². The molecule has 1 saturated heterocycles. The number of nitrogens with zero attached hydrogens (tertiary/aromatic N) is 5. The van der Waals surface area contributed by atoms with Gasteiger partial charge in [0.25, 0.3) is 0 Å². The maximum Gasteiger partial charge on any atom is 0.230 e. The van der Waals surface area contributed by atoms with Crippen molar-refractivity contribution in [3.63, 3.8) is 0 Å². The molecule has 0 spiro atoms. The molecule has 0 aromatic carbocycles. The molecule has 8 heteroatoms. The molecule has 2 amide bonds. The topological polar surface area (TPSA) is 81.0 Å². The van der Waals surface area contributed by atoms with Gasteiger partial charge in [-0.25, -0.2) is 9.97 Å². The number of rotatable bonds is 2. The molecule has 7 nitrogen and oxygen atoms in total. The van der Waals surface area contributed by atoms with Gasteiger partial charge in [0.05, 0.1) is 18.1 Å². The molecule has 0 aliphatic carbocycles. The van der Waals surface area contributed by atoms with Gasteiger partial charge in [0, 0.05) is 19.9 Å². The Balaban J connectivity index is 1.99. The Labute approximate surface area is 113 Å². The molecule has 2 aromatic heterocycles. The van der Waals surface area contributed by atoms with Gasteiger partial charge < -0.3 is 0 Å². The summed E-state index contributed by atoms with van der Waals surface area (Å²) in [7, 11) is 1.74. The quantitative estimate of drug-likeness (QED) is 0.596. The van der Waals surface area contributed by atoms with E-state index in [4.69, 9.17) is 11.6 Å². The third kappa shape index (κ3) is 1.95. The molecule has 19 heavy (non-hydrogen) atoms. The summed E-state index contributed by atoms with van der Waals surface area (Å²) < 4.78 is 1.57. The van der Waals surface area contributed by atoms with E-state index in [1.165, 1.54) is 0 Å². The Hall–Kier alpha value is -2.02. The minimum Gasteiger partial charge on any atom is -0.275 e. The van der Waals surface area contributed by atoms with Crippen molar-refractivity contribution in [1.29, 1.82) is 0 Å². The SMILES string of the molecule is Cn1ncc2c(Cl)nc(CN3C(=O)CCC3=O)nc21. The summed E-state index contributed by atoms with van der Waals surface area (Å²) in [4.78, 5) is 32.7. The first-order chi connectivity index (χ1) is 9.06.